The van der Waals surface area contributed by atoms with Crippen LogP contribution in [0.3, 0.4) is 0 Å². The number of alkyl halides is 2. The summed E-state index contributed by atoms with van der Waals surface area (Å²) >= 11 is 0. The van der Waals surface area contributed by atoms with Crippen LogP contribution in [0.15, 0.2) is 42.5 Å². The summed E-state index contributed by atoms with van der Waals surface area (Å²) in [5.41, 5.74) is 0.926. The highest BCUT2D eigenvalue weighted by molar-refractivity contribution is 5.98. The first-order valence-corrected chi connectivity index (χ1v) is 8.62. The maximum absolute atomic E-state index is 12.9. The van der Waals surface area contributed by atoms with E-state index in [4.69, 9.17) is 4.74 Å². The summed E-state index contributed by atoms with van der Waals surface area (Å²) in [4.78, 5) is 14.5. The molecule has 2 heterocycles. The molecule has 2 aromatic carbocycles. The molecule has 27 heavy (non-hydrogen) atoms. The number of fused-ring (bicyclic) bond motifs is 2. The van der Waals surface area contributed by atoms with Gasteiger partial charge in [-0.1, -0.05) is 18.2 Å². The third kappa shape index (κ3) is 2.92. The van der Waals surface area contributed by atoms with Crippen LogP contribution in [0.25, 0.3) is 0 Å². The van der Waals surface area contributed by atoms with Gasteiger partial charge in [0.2, 0.25) is 0 Å². The van der Waals surface area contributed by atoms with Gasteiger partial charge in [0, 0.05) is 17.7 Å². The Bertz CT molecular complexity index is 899. The Kier molecular flexibility index (Phi) is 4.07. The maximum Gasteiger partial charge on any atom is 0.387 e. The van der Waals surface area contributed by atoms with E-state index in [0.717, 1.165) is 5.56 Å². The quantitative estimate of drug-likeness (QED) is 0.892. The summed E-state index contributed by atoms with van der Waals surface area (Å²) in [6.45, 7) is 0.812. The molecule has 142 valence electrons. The Balaban J connectivity index is 1.79. The standard InChI is InChI=1S/C20H19F2NO4/c1-20(2)17(24)16(23-10-11-5-3-4-6-13(11)18(23)25)14-9-12(26-19(21)22)7-8-15(14)27-20/h3-9,16-17,19,24H,10H2,1-2H3/t16-,17+/m1/s1. The highest BCUT2D eigenvalue weighted by atomic mass is 19.3. The topological polar surface area (TPSA) is 59.0 Å². The monoisotopic (exact) mass is 375 g/mol. The number of hydrogen-bond acceptors (Lipinski definition) is 4. The van der Waals surface area contributed by atoms with Gasteiger partial charge in [0.05, 0.1) is 6.04 Å². The molecule has 0 spiro atoms. The number of aliphatic hydroxyl groups excluding tert-OH is 1. The van der Waals surface area contributed by atoms with E-state index in [9.17, 15) is 18.7 Å². The van der Waals surface area contributed by atoms with Crippen molar-refractivity contribution in [3.8, 4) is 11.5 Å². The number of rotatable bonds is 3. The molecule has 1 N–H and O–H groups in total. The van der Waals surface area contributed by atoms with Crippen LogP contribution in [0.5, 0.6) is 11.5 Å². The van der Waals surface area contributed by atoms with Crippen molar-refractivity contribution in [3.63, 3.8) is 0 Å². The number of carbonyl (C=O) groups excluding carboxylic acids is 1. The van der Waals surface area contributed by atoms with Crippen LogP contribution < -0.4 is 9.47 Å². The molecule has 0 fully saturated rings. The number of carbonyl (C=O) groups is 1. The molecule has 2 aromatic rings. The molecule has 5 nitrogen and oxygen atoms in total. The molecule has 4 rings (SSSR count). The highest BCUT2D eigenvalue weighted by Crippen LogP contribution is 2.46. The van der Waals surface area contributed by atoms with Gasteiger partial charge in [0.1, 0.15) is 23.2 Å². The number of ether oxygens (including phenoxy) is 2. The second-order valence-corrected chi connectivity index (χ2v) is 7.26. The molecule has 7 heteroatoms. The van der Waals surface area contributed by atoms with Crippen LogP contribution in [-0.4, -0.2) is 34.2 Å². The third-order valence-electron chi connectivity index (χ3n) is 5.09. The van der Waals surface area contributed by atoms with Gasteiger partial charge in [-0.15, -0.1) is 0 Å². The molecule has 1 amide bonds. The number of amides is 1. The van der Waals surface area contributed by atoms with Gasteiger partial charge in [-0.25, -0.2) is 0 Å². The Hall–Kier alpha value is -2.67. The van der Waals surface area contributed by atoms with E-state index in [2.05, 4.69) is 4.74 Å². The second-order valence-electron chi connectivity index (χ2n) is 7.26. The zero-order valence-corrected chi connectivity index (χ0v) is 14.9. The Morgan fingerprint density at radius 3 is 2.70 bits per heavy atom. The number of aliphatic hydroxyl groups is 1. The SMILES string of the molecule is CC1(C)Oc2ccc(OC(F)F)cc2[C@@H](N2Cc3ccccc3C2=O)[C@@H]1O. The average Bonchev–Trinajstić information content (AvgIpc) is 2.93. The molecule has 0 saturated heterocycles. The van der Waals surface area contributed by atoms with Gasteiger partial charge in [-0.3, -0.25) is 4.79 Å². The van der Waals surface area contributed by atoms with Crippen molar-refractivity contribution in [2.75, 3.05) is 0 Å². The number of hydrogen-bond donors (Lipinski definition) is 1. The van der Waals surface area contributed by atoms with Crippen molar-refractivity contribution in [2.45, 2.75) is 44.8 Å². The van der Waals surface area contributed by atoms with Crippen molar-refractivity contribution in [3.05, 3.63) is 59.2 Å². The first-order valence-electron chi connectivity index (χ1n) is 8.62. The number of halogens is 2. The van der Waals surface area contributed by atoms with Gasteiger partial charge in [0.25, 0.3) is 5.91 Å². The van der Waals surface area contributed by atoms with E-state index in [1.54, 1.807) is 30.9 Å². The minimum atomic E-state index is -2.97. The lowest BCUT2D eigenvalue weighted by Crippen LogP contribution is -2.53. The molecule has 0 aromatic heterocycles. The van der Waals surface area contributed by atoms with Crippen LogP contribution in [0.4, 0.5) is 8.78 Å². The molecule has 2 atom stereocenters. The Morgan fingerprint density at radius 1 is 1.26 bits per heavy atom. The van der Waals surface area contributed by atoms with Gasteiger partial charge >= 0.3 is 6.61 Å². The van der Waals surface area contributed by atoms with E-state index >= 15 is 0 Å². The average molecular weight is 375 g/mol. The van der Waals surface area contributed by atoms with E-state index in [-0.39, 0.29) is 11.7 Å². The van der Waals surface area contributed by atoms with Gasteiger partial charge in [0.15, 0.2) is 0 Å². The normalized spacial score (nSPS) is 23.0. The summed E-state index contributed by atoms with van der Waals surface area (Å²) in [7, 11) is 0. The molecule has 0 saturated carbocycles. The van der Waals surface area contributed by atoms with Crippen molar-refractivity contribution in [2.24, 2.45) is 0 Å². The van der Waals surface area contributed by atoms with Gasteiger partial charge in [-0.2, -0.15) is 8.78 Å². The van der Waals surface area contributed by atoms with Crippen LogP contribution in [-0.2, 0) is 6.54 Å². The fourth-order valence-electron chi connectivity index (χ4n) is 3.76. The minimum Gasteiger partial charge on any atom is -0.485 e. The van der Waals surface area contributed by atoms with E-state index in [1.807, 2.05) is 12.1 Å². The predicted molar refractivity (Wildman–Crippen MR) is 92.8 cm³/mol. The van der Waals surface area contributed by atoms with Crippen LogP contribution in [0.2, 0.25) is 0 Å². The highest BCUT2D eigenvalue weighted by Gasteiger charge is 2.48. The maximum atomic E-state index is 12.9. The molecule has 0 aliphatic carbocycles. The van der Waals surface area contributed by atoms with Crippen LogP contribution >= 0.6 is 0 Å². The fourth-order valence-corrected chi connectivity index (χ4v) is 3.76. The van der Waals surface area contributed by atoms with Gasteiger partial charge < -0.3 is 19.5 Å². The van der Waals surface area contributed by atoms with Crippen molar-refractivity contribution >= 4 is 5.91 Å². The first kappa shape index (κ1) is 17.7. The smallest absolute Gasteiger partial charge is 0.387 e. The lowest BCUT2D eigenvalue weighted by atomic mass is 9.85. The van der Waals surface area contributed by atoms with Crippen LogP contribution in [0, 0.1) is 0 Å². The van der Waals surface area contributed by atoms with Crippen molar-refractivity contribution in [1.82, 2.24) is 4.90 Å². The molecule has 2 aliphatic rings. The zero-order chi connectivity index (χ0) is 19.3. The van der Waals surface area contributed by atoms with Crippen molar-refractivity contribution < 1.29 is 28.2 Å². The van der Waals surface area contributed by atoms with Crippen molar-refractivity contribution in [1.29, 1.82) is 0 Å². The molecule has 2 aliphatic heterocycles. The predicted octanol–water partition coefficient (Wildman–Crippen LogP) is 3.52. The van der Waals surface area contributed by atoms with E-state index in [0.29, 0.717) is 23.4 Å². The van der Waals surface area contributed by atoms with E-state index in [1.165, 1.54) is 18.2 Å². The summed E-state index contributed by atoms with van der Waals surface area (Å²) in [5, 5.41) is 11.0. The van der Waals surface area contributed by atoms with E-state index < -0.39 is 24.4 Å². The molecular weight excluding hydrogens is 356 g/mol. The Morgan fingerprint density at radius 2 is 2.00 bits per heavy atom. The minimum absolute atomic E-state index is 0.0478. The fraction of sp³-hybridized carbons (Fsp3) is 0.350. The second kappa shape index (κ2) is 6.20. The first-order chi connectivity index (χ1) is 12.8. The van der Waals surface area contributed by atoms with Crippen LogP contribution in [0.1, 0.15) is 41.4 Å². The summed E-state index contributed by atoms with van der Waals surface area (Å²) in [6.07, 6.45) is -1.05. The molecule has 0 bridgehead atoms. The largest absolute Gasteiger partial charge is 0.485 e. The number of nitrogens with zero attached hydrogens (tertiary/aromatic N) is 1. The third-order valence-corrected chi connectivity index (χ3v) is 5.09. The summed E-state index contributed by atoms with van der Waals surface area (Å²) in [6, 6.07) is 10.8. The molecule has 0 unspecified atom stereocenters. The summed E-state index contributed by atoms with van der Waals surface area (Å²) < 4.78 is 35.6. The van der Waals surface area contributed by atoms with Gasteiger partial charge in [-0.05, 0) is 43.7 Å². The summed E-state index contributed by atoms with van der Waals surface area (Å²) in [5.74, 6) is 0.174. The lowest BCUT2D eigenvalue weighted by Gasteiger charge is -2.45. The zero-order valence-electron chi connectivity index (χ0n) is 14.9. The number of benzene rings is 2. The molecule has 0 radical (unpaired) electrons. The molecular formula is C20H19F2NO4. The lowest BCUT2D eigenvalue weighted by molar-refractivity contribution is -0.0874. The Labute approximate surface area is 155 Å².